The average molecular weight is 287 g/mol. The highest BCUT2D eigenvalue weighted by Gasteiger charge is 2.42. The molecule has 3 atom stereocenters. The van der Waals surface area contributed by atoms with Crippen LogP contribution in [0.15, 0.2) is 11.4 Å². The highest BCUT2D eigenvalue weighted by molar-refractivity contribution is 7.12. The second kappa shape index (κ2) is 5.19. The monoisotopic (exact) mass is 286 g/mol. The van der Waals surface area contributed by atoms with E-state index < -0.39 is 0 Å². The van der Waals surface area contributed by atoms with Gasteiger partial charge in [-0.2, -0.15) is 0 Å². The van der Waals surface area contributed by atoms with Gasteiger partial charge in [-0.25, -0.2) is 0 Å². The Labute approximate surface area is 118 Å². The number of fused-ring (bicyclic) bond motifs is 1. The Hall–Kier alpha value is -0.580. The summed E-state index contributed by atoms with van der Waals surface area (Å²) >= 11 is 1.55. The van der Waals surface area contributed by atoms with E-state index in [1.54, 1.807) is 11.3 Å². The number of nitrogens with two attached hydrogens (primary N) is 1. The summed E-state index contributed by atoms with van der Waals surface area (Å²) in [7, 11) is 0. The fourth-order valence-corrected chi connectivity index (χ4v) is 4.10. The van der Waals surface area contributed by atoms with E-state index in [0.29, 0.717) is 17.9 Å². The third-order valence-corrected chi connectivity index (χ3v) is 5.26. The molecule has 1 aromatic rings. The number of nitrogens with zero attached hydrogens (tertiary/aromatic N) is 1. The van der Waals surface area contributed by atoms with Gasteiger partial charge in [-0.1, -0.05) is 0 Å². The number of halogens is 1. The van der Waals surface area contributed by atoms with Crippen LogP contribution < -0.4 is 5.73 Å². The van der Waals surface area contributed by atoms with Crippen molar-refractivity contribution in [1.82, 2.24) is 4.90 Å². The lowest BCUT2D eigenvalue weighted by Crippen LogP contribution is -2.33. The van der Waals surface area contributed by atoms with Gasteiger partial charge < -0.3 is 10.6 Å². The third kappa shape index (κ3) is 2.17. The topological polar surface area (TPSA) is 46.3 Å². The smallest absolute Gasteiger partial charge is 0.264 e. The van der Waals surface area contributed by atoms with E-state index in [-0.39, 0.29) is 18.3 Å². The summed E-state index contributed by atoms with van der Waals surface area (Å²) in [4.78, 5) is 15.3. The number of rotatable bonds is 1. The number of thiophene rings is 1. The number of carbonyl (C=O) groups excluding carboxylic acids is 1. The summed E-state index contributed by atoms with van der Waals surface area (Å²) in [6.07, 6.45) is 2.33. The predicted octanol–water partition coefficient (Wildman–Crippen LogP) is 2.29. The van der Waals surface area contributed by atoms with Gasteiger partial charge in [0.15, 0.2) is 0 Å². The molecule has 0 aromatic carbocycles. The van der Waals surface area contributed by atoms with Crippen LogP contribution >= 0.6 is 23.7 Å². The van der Waals surface area contributed by atoms with E-state index in [0.717, 1.165) is 30.0 Å². The van der Waals surface area contributed by atoms with Crippen LogP contribution in [-0.4, -0.2) is 29.9 Å². The number of hydrogen-bond acceptors (Lipinski definition) is 3. The molecule has 1 aliphatic heterocycles. The van der Waals surface area contributed by atoms with Gasteiger partial charge in [-0.15, -0.1) is 23.7 Å². The van der Waals surface area contributed by atoms with E-state index in [1.807, 2.05) is 23.3 Å². The molecule has 2 fully saturated rings. The van der Waals surface area contributed by atoms with Gasteiger partial charge >= 0.3 is 0 Å². The first-order valence-corrected chi connectivity index (χ1v) is 7.13. The van der Waals surface area contributed by atoms with Crippen molar-refractivity contribution in [3.63, 3.8) is 0 Å². The molecule has 2 aliphatic rings. The van der Waals surface area contributed by atoms with Crippen molar-refractivity contribution >= 4 is 29.7 Å². The van der Waals surface area contributed by atoms with Gasteiger partial charge in [0.25, 0.3) is 5.91 Å². The van der Waals surface area contributed by atoms with E-state index in [9.17, 15) is 4.79 Å². The summed E-state index contributed by atoms with van der Waals surface area (Å²) < 4.78 is 0. The van der Waals surface area contributed by atoms with Crippen molar-refractivity contribution in [2.24, 2.45) is 17.6 Å². The average Bonchev–Trinajstić information content (AvgIpc) is 2.96. The molecular weight excluding hydrogens is 268 g/mol. The van der Waals surface area contributed by atoms with Crippen molar-refractivity contribution in [2.75, 3.05) is 13.1 Å². The first kappa shape index (κ1) is 13.8. The first-order valence-electron chi connectivity index (χ1n) is 6.26. The quantitative estimate of drug-likeness (QED) is 0.861. The number of aryl methyl sites for hydroxylation is 1. The van der Waals surface area contributed by atoms with Gasteiger partial charge in [-0.05, 0) is 48.6 Å². The first-order chi connectivity index (χ1) is 8.16. The Bertz CT molecular complexity index is 448. The van der Waals surface area contributed by atoms with E-state index >= 15 is 0 Å². The predicted molar refractivity (Wildman–Crippen MR) is 76.4 cm³/mol. The summed E-state index contributed by atoms with van der Waals surface area (Å²) in [5.41, 5.74) is 7.19. The van der Waals surface area contributed by atoms with Gasteiger partial charge in [0.05, 0.1) is 4.88 Å². The Morgan fingerprint density at radius 2 is 2.22 bits per heavy atom. The van der Waals surface area contributed by atoms with Gasteiger partial charge in [0.1, 0.15) is 0 Å². The maximum Gasteiger partial charge on any atom is 0.264 e. The van der Waals surface area contributed by atoms with Gasteiger partial charge in [-0.3, -0.25) is 4.79 Å². The molecule has 0 spiro atoms. The largest absolute Gasteiger partial charge is 0.337 e. The van der Waals surface area contributed by atoms with Crippen LogP contribution in [0.2, 0.25) is 0 Å². The zero-order chi connectivity index (χ0) is 12.0. The maximum absolute atomic E-state index is 12.4. The molecule has 0 radical (unpaired) electrons. The van der Waals surface area contributed by atoms with E-state index in [4.69, 9.17) is 5.73 Å². The van der Waals surface area contributed by atoms with Crippen LogP contribution in [0.5, 0.6) is 0 Å². The van der Waals surface area contributed by atoms with Gasteiger partial charge in [0.2, 0.25) is 0 Å². The van der Waals surface area contributed by atoms with Gasteiger partial charge in [0, 0.05) is 19.1 Å². The minimum Gasteiger partial charge on any atom is -0.337 e. The highest BCUT2D eigenvalue weighted by atomic mass is 35.5. The molecule has 3 rings (SSSR count). The second-order valence-corrected chi connectivity index (χ2v) is 6.22. The third-order valence-electron chi connectivity index (χ3n) is 4.26. The molecular formula is C13H19ClN2OS. The maximum atomic E-state index is 12.4. The molecule has 1 aromatic heterocycles. The number of likely N-dealkylation sites (tertiary alicyclic amines) is 1. The van der Waals surface area contributed by atoms with Crippen LogP contribution in [0.1, 0.15) is 28.1 Å². The zero-order valence-corrected chi connectivity index (χ0v) is 12.1. The molecule has 1 amide bonds. The molecule has 2 N–H and O–H groups in total. The lowest BCUT2D eigenvalue weighted by atomic mass is 9.98. The van der Waals surface area contributed by atoms with E-state index in [1.165, 1.54) is 6.42 Å². The molecule has 1 saturated heterocycles. The normalized spacial score (nSPS) is 30.1. The molecule has 100 valence electrons. The Balaban J connectivity index is 0.00000120. The van der Waals surface area contributed by atoms with Crippen molar-refractivity contribution in [3.8, 4) is 0 Å². The zero-order valence-electron chi connectivity index (χ0n) is 10.5. The fourth-order valence-electron chi connectivity index (χ4n) is 3.21. The van der Waals surface area contributed by atoms with Crippen LogP contribution in [0.25, 0.3) is 0 Å². The molecule has 18 heavy (non-hydrogen) atoms. The Morgan fingerprint density at radius 3 is 2.83 bits per heavy atom. The minimum atomic E-state index is 0. The SMILES string of the molecule is Cc1ccsc1C(=O)N1CC2CCC(N)C2C1.Cl. The minimum absolute atomic E-state index is 0. The number of hydrogen-bond donors (Lipinski definition) is 1. The molecule has 1 aliphatic carbocycles. The summed E-state index contributed by atoms with van der Waals surface area (Å²) in [6.45, 7) is 3.78. The van der Waals surface area contributed by atoms with Crippen molar-refractivity contribution in [1.29, 1.82) is 0 Å². The lowest BCUT2D eigenvalue weighted by molar-refractivity contribution is 0.0784. The van der Waals surface area contributed by atoms with Crippen LogP contribution in [0.3, 0.4) is 0 Å². The molecule has 2 heterocycles. The van der Waals surface area contributed by atoms with Crippen molar-refractivity contribution < 1.29 is 4.79 Å². The Kier molecular flexibility index (Phi) is 3.99. The Morgan fingerprint density at radius 1 is 1.44 bits per heavy atom. The molecule has 0 bridgehead atoms. The van der Waals surface area contributed by atoms with E-state index in [2.05, 4.69) is 0 Å². The number of carbonyl (C=O) groups is 1. The lowest BCUT2D eigenvalue weighted by Gasteiger charge is -2.18. The highest BCUT2D eigenvalue weighted by Crippen LogP contribution is 2.38. The molecule has 5 heteroatoms. The van der Waals surface area contributed by atoms with Crippen molar-refractivity contribution in [2.45, 2.75) is 25.8 Å². The van der Waals surface area contributed by atoms with Crippen LogP contribution in [-0.2, 0) is 0 Å². The second-order valence-electron chi connectivity index (χ2n) is 5.31. The number of amides is 1. The standard InChI is InChI=1S/C13H18N2OS.ClH/c1-8-4-5-17-12(8)13(16)15-6-9-2-3-11(14)10(9)7-15;/h4-5,9-11H,2-3,6-7,14H2,1H3;1H. The molecule has 1 saturated carbocycles. The fraction of sp³-hybridized carbons (Fsp3) is 0.615. The van der Waals surface area contributed by atoms with Crippen LogP contribution in [0, 0.1) is 18.8 Å². The summed E-state index contributed by atoms with van der Waals surface area (Å²) in [6, 6.07) is 2.32. The summed E-state index contributed by atoms with van der Waals surface area (Å²) in [5.74, 6) is 1.40. The van der Waals surface area contributed by atoms with Crippen LogP contribution in [0.4, 0.5) is 0 Å². The summed E-state index contributed by atoms with van der Waals surface area (Å²) in [5, 5.41) is 1.99. The molecule has 3 nitrogen and oxygen atoms in total. The van der Waals surface area contributed by atoms with Crippen molar-refractivity contribution in [3.05, 3.63) is 21.9 Å². The molecule has 3 unspecified atom stereocenters.